The summed E-state index contributed by atoms with van der Waals surface area (Å²) in [5.74, 6) is 0.386. The Morgan fingerprint density at radius 3 is 2.65 bits per heavy atom. The minimum absolute atomic E-state index is 0.182. The van der Waals surface area contributed by atoms with Gasteiger partial charge >= 0.3 is 0 Å². The summed E-state index contributed by atoms with van der Waals surface area (Å²) in [6.07, 6.45) is 0. The Balaban J connectivity index is 1.80. The van der Waals surface area contributed by atoms with Crippen LogP contribution in [0.5, 0.6) is 0 Å². The molecule has 0 amide bonds. The van der Waals surface area contributed by atoms with Crippen molar-refractivity contribution >= 4 is 18.2 Å². The summed E-state index contributed by atoms with van der Waals surface area (Å²) in [6.45, 7) is 4.04. The van der Waals surface area contributed by atoms with Crippen molar-refractivity contribution in [3.8, 4) is 11.5 Å². The van der Waals surface area contributed by atoms with Crippen molar-refractivity contribution < 1.29 is 8.81 Å². The molecule has 0 unspecified atom stereocenters. The van der Waals surface area contributed by atoms with Crippen LogP contribution in [0.2, 0.25) is 0 Å². The predicted octanol–water partition coefficient (Wildman–Crippen LogP) is 3.49. The van der Waals surface area contributed by atoms with E-state index in [9.17, 15) is 4.39 Å². The molecule has 0 saturated carbocycles. The van der Waals surface area contributed by atoms with Gasteiger partial charge in [0.15, 0.2) is 0 Å². The Morgan fingerprint density at radius 1 is 1.22 bits per heavy atom. The zero-order chi connectivity index (χ0) is 16.4. The molecular formula is C15H14FN5OS. The van der Waals surface area contributed by atoms with E-state index in [1.54, 1.807) is 12.1 Å². The maximum Gasteiger partial charge on any atom is 0.289 e. The van der Waals surface area contributed by atoms with E-state index in [0.29, 0.717) is 11.5 Å². The van der Waals surface area contributed by atoms with Gasteiger partial charge in [0.1, 0.15) is 12.5 Å². The molecule has 2 aromatic heterocycles. The molecule has 1 aromatic carbocycles. The topological polar surface area (TPSA) is 68.8 Å². The summed E-state index contributed by atoms with van der Waals surface area (Å²) >= 11 is 5.13. The summed E-state index contributed by atoms with van der Waals surface area (Å²) < 4.78 is 20.1. The zero-order valence-corrected chi connectivity index (χ0v) is 13.4. The summed E-state index contributed by atoms with van der Waals surface area (Å²) in [7, 11) is 0. The van der Waals surface area contributed by atoms with Crippen molar-refractivity contribution in [2.24, 2.45) is 0 Å². The van der Waals surface area contributed by atoms with Gasteiger partial charge in [-0.25, -0.2) is 19.0 Å². The van der Waals surface area contributed by atoms with Crippen molar-refractivity contribution in [1.82, 2.24) is 19.7 Å². The molecule has 0 aliphatic heterocycles. The smallest absolute Gasteiger partial charge is 0.289 e. The fraction of sp³-hybridized carbons (Fsp3) is 0.200. The number of halogens is 1. The highest BCUT2D eigenvalue weighted by Gasteiger charge is 2.09. The van der Waals surface area contributed by atoms with E-state index in [2.05, 4.69) is 20.4 Å². The number of benzene rings is 1. The van der Waals surface area contributed by atoms with E-state index in [-0.39, 0.29) is 23.2 Å². The largest absolute Gasteiger partial charge is 0.409 e. The normalized spacial score (nSPS) is 10.7. The van der Waals surface area contributed by atoms with Gasteiger partial charge in [-0.1, -0.05) is 6.07 Å². The minimum Gasteiger partial charge on any atom is -0.409 e. The number of aryl methyl sites for hydroxylation is 2. The first-order chi connectivity index (χ1) is 11.0. The van der Waals surface area contributed by atoms with E-state index >= 15 is 0 Å². The Hall–Kier alpha value is -2.61. The molecular weight excluding hydrogens is 317 g/mol. The zero-order valence-electron chi connectivity index (χ0n) is 12.6. The lowest BCUT2D eigenvalue weighted by Gasteiger charge is -2.05. The van der Waals surface area contributed by atoms with Gasteiger partial charge in [0.25, 0.3) is 4.84 Å². The predicted molar refractivity (Wildman–Crippen MR) is 85.8 cm³/mol. The lowest BCUT2D eigenvalue weighted by Crippen LogP contribution is -2.12. The molecule has 23 heavy (non-hydrogen) atoms. The number of anilines is 1. The Kier molecular flexibility index (Phi) is 4.16. The van der Waals surface area contributed by atoms with Crippen LogP contribution in [0.1, 0.15) is 11.4 Å². The van der Waals surface area contributed by atoms with E-state index in [0.717, 1.165) is 11.4 Å². The van der Waals surface area contributed by atoms with Crippen LogP contribution in [0.25, 0.3) is 11.5 Å². The van der Waals surface area contributed by atoms with Gasteiger partial charge in [-0.15, -0.1) is 5.10 Å². The standard InChI is InChI=1S/C15H14FN5OS/c1-9-6-10(2)19-14(18-9)17-8-21-15(23)22-13(20-21)11-4-3-5-12(16)7-11/h3-7H,8H2,1-2H3,(H,17,18,19). The van der Waals surface area contributed by atoms with Crippen LogP contribution in [0.4, 0.5) is 10.3 Å². The monoisotopic (exact) mass is 331 g/mol. The lowest BCUT2D eigenvalue weighted by molar-refractivity contribution is 0.521. The highest BCUT2D eigenvalue weighted by molar-refractivity contribution is 7.71. The molecule has 8 heteroatoms. The molecule has 0 spiro atoms. The molecule has 3 rings (SSSR count). The van der Waals surface area contributed by atoms with Crippen LogP contribution < -0.4 is 5.32 Å². The summed E-state index contributed by atoms with van der Waals surface area (Å²) in [5, 5.41) is 7.28. The number of hydrogen-bond acceptors (Lipinski definition) is 6. The average molecular weight is 331 g/mol. The quantitative estimate of drug-likeness (QED) is 0.738. The molecule has 1 N–H and O–H groups in total. The van der Waals surface area contributed by atoms with Crippen molar-refractivity contribution in [2.45, 2.75) is 20.5 Å². The molecule has 0 bridgehead atoms. The van der Waals surface area contributed by atoms with Gasteiger partial charge < -0.3 is 9.73 Å². The van der Waals surface area contributed by atoms with Gasteiger partial charge in [0.2, 0.25) is 11.8 Å². The van der Waals surface area contributed by atoms with E-state index in [1.807, 2.05) is 19.9 Å². The van der Waals surface area contributed by atoms with Crippen LogP contribution in [-0.2, 0) is 6.67 Å². The number of nitrogens with one attached hydrogen (secondary N) is 1. The molecule has 118 valence electrons. The third kappa shape index (κ3) is 3.59. The first-order valence-electron chi connectivity index (χ1n) is 6.91. The molecule has 6 nitrogen and oxygen atoms in total. The van der Waals surface area contributed by atoms with Crippen LogP contribution in [0.3, 0.4) is 0 Å². The second-order valence-electron chi connectivity index (χ2n) is 4.99. The molecule has 0 saturated heterocycles. The molecule has 0 aliphatic carbocycles. The number of hydrogen-bond donors (Lipinski definition) is 1. The molecule has 0 aliphatic rings. The van der Waals surface area contributed by atoms with E-state index in [1.165, 1.54) is 16.8 Å². The lowest BCUT2D eigenvalue weighted by atomic mass is 10.2. The molecule has 0 atom stereocenters. The second-order valence-corrected chi connectivity index (χ2v) is 5.34. The Bertz CT molecular complexity index is 885. The number of nitrogens with zero attached hydrogens (tertiary/aromatic N) is 4. The second kappa shape index (κ2) is 6.25. The molecule has 3 aromatic rings. The summed E-state index contributed by atoms with van der Waals surface area (Å²) in [5.41, 5.74) is 2.26. The van der Waals surface area contributed by atoms with E-state index < -0.39 is 0 Å². The Labute approximate surface area is 137 Å². The van der Waals surface area contributed by atoms with Crippen LogP contribution in [0.15, 0.2) is 34.7 Å². The van der Waals surface area contributed by atoms with Gasteiger partial charge in [-0.05, 0) is 50.3 Å². The van der Waals surface area contributed by atoms with Gasteiger partial charge in [0, 0.05) is 17.0 Å². The van der Waals surface area contributed by atoms with Crippen molar-refractivity contribution in [1.29, 1.82) is 0 Å². The van der Waals surface area contributed by atoms with Crippen LogP contribution in [0, 0.1) is 24.5 Å². The number of rotatable bonds is 4. The van der Waals surface area contributed by atoms with E-state index in [4.69, 9.17) is 16.6 Å². The maximum atomic E-state index is 13.3. The SMILES string of the molecule is Cc1cc(C)nc(NCn2nc(-c3cccc(F)c3)oc2=S)n1. The fourth-order valence-electron chi connectivity index (χ4n) is 2.09. The van der Waals surface area contributed by atoms with Gasteiger partial charge in [-0.2, -0.15) is 0 Å². The van der Waals surface area contributed by atoms with Crippen molar-refractivity contribution in [3.05, 3.63) is 52.4 Å². The first kappa shape index (κ1) is 15.3. The third-order valence-corrected chi connectivity index (χ3v) is 3.34. The third-order valence-electron chi connectivity index (χ3n) is 3.05. The number of aromatic nitrogens is 4. The Morgan fingerprint density at radius 2 is 1.96 bits per heavy atom. The highest BCUT2D eigenvalue weighted by atomic mass is 32.1. The summed E-state index contributed by atoms with van der Waals surface area (Å²) in [6, 6.07) is 7.87. The highest BCUT2D eigenvalue weighted by Crippen LogP contribution is 2.18. The average Bonchev–Trinajstić information content (AvgIpc) is 2.85. The molecule has 0 radical (unpaired) electrons. The van der Waals surface area contributed by atoms with Crippen LogP contribution >= 0.6 is 12.2 Å². The van der Waals surface area contributed by atoms with Gasteiger partial charge in [0.05, 0.1) is 0 Å². The van der Waals surface area contributed by atoms with Gasteiger partial charge in [-0.3, -0.25) is 0 Å². The summed E-state index contributed by atoms with van der Waals surface area (Å²) in [4.78, 5) is 8.74. The maximum absolute atomic E-state index is 13.3. The van der Waals surface area contributed by atoms with Crippen molar-refractivity contribution in [2.75, 3.05) is 5.32 Å². The van der Waals surface area contributed by atoms with Crippen LogP contribution in [-0.4, -0.2) is 19.7 Å². The fourth-order valence-corrected chi connectivity index (χ4v) is 2.28. The molecule has 0 fully saturated rings. The first-order valence-corrected chi connectivity index (χ1v) is 7.32. The minimum atomic E-state index is -0.361. The van der Waals surface area contributed by atoms with Crippen molar-refractivity contribution in [3.63, 3.8) is 0 Å². The molecule has 2 heterocycles.